The van der Waals surface area contributed by atoms with Crippen molar-refractivity contribution < 1.29 is 0 Å². The van der Waals surface area contributed by atoms with Crippen LogP contribution in [-0.2, 0) is 0 Å². The maximum atomic E-state index is 5.81. The first kappa shape index (κ1) is 7.84. The third-order valence-corrected chi connectivity index (χ3v) is 2.31. The molecule has 1 heterocycles. The van der Waals surface area contributed by atoms with Gasteiger partial charge in [-0.1, -0.05) is 23.2 Å². The largest absolute Gasteiger partial charge is 0.256 e. The van der Waals surface area contributed by atoms with Gasteiger partial charge in [-0.15, -0.1) is 0 Å². The molecule has 3 heteroatoms. The third-order valence-electron chi connectivity index (χ3n) is 1.59. The Balaban J connectivity index is 2.84. The standard InChI is InChI=1S/C9H4Cl2N/c10-7-4-6-2-1-3-12-9(6)5-8(7)11/h2-5H. The van der Waals surface area contributed by atoms with Crippen LogP contribution < -0.4 is 0 Å². The zero-order valence-electron chi connectivity index (χ0n) is 6.01. The molecule has 0 aliphatic heterocycles. The molecule has 0 spiro atoms. The fourth-order valence-corrected chi connectivity index (χ4v) is 1.34. The number of pyridine rings is 1. The van der Waals surface area contributed by atoms with E-state index in [1.807, 2.05) is 6.07 Å². The highest BCUT2D eigenvalue weighted by molar-refractivity contribution is 6.42. The van der Waals surface area contributed by atoms with E-state index in [2.05, 4.69) is 11.1 Å². The molecule has 0 aliphatic rings. The monoisotopic (exact) mass is 196 g/mol. The van der Waals surface area contributed by atoms with E-state index in [0.717, 1.165) is 10.9 Å². The Morgan fingerprint density at radius 2 is 1.92 bits per heavy atom. The Bertz CT molecular complexity index is 385. The van der Waals surface area contributed by atoms with E-state index in [4.69, 9.17) is 23.2 Å². The Hall–Kier alpha value is -0.790. The molecule has 0 unspecified atom stereocenters. The van der Waals surface area contributed by atoms with Crippen LogP contribution in [-0.4, -0.2) is 4.98 Å². The van der Waals surface area contributed by atoms with E-state index in [1.54, 1.807) is 18.3 Å². The summed E-state index contributed by atoms with van der Waals surface area (Å²) in [4.78, 5) is 4.08. The summed E-state index contributed by atoms with van der Waals surface area (Å²) in [6.07, 6.45) is 1.60. The summed E-state index contributed by atoms with van der Waals surface area (Å²) in [6.45, 7) is 0. The van der Waals surface area contributed by atoms with Gasteiger partial charge in [-0.05, 0) is 18.2 Å². The van der Waals surface area contributed by atoms with Crippen molar-refractivity contribution in [2.24, 2.45) is 0 Å². The van der Waals surface area contributed by atoms with Crippen LogP contribution in [0.15, 0.2) is 24.4 Å². The average molecular weight is 197 g/mol. The number of hydrogen-bond donors (Lipinski definition) is 0. The Morgan fingerprint density at radius 1 is 1.17 bits per heavy atom. The number of aromatic nitrogens is 1. The average Bonchev–Trinajstić information content (AvgIpc) is 2.07. The minimum absolute atomic E-state index is 0.530. The van der Waals surface area contributed by atoms with Crippen molar-refractivity contribution >= 4 is 34.1 Å². The lowest BCUT2D eigenvalue weighted by atomic mass is 10.2. The molecule has 2 rings (SSSR count). The van der Waals surface area contributed by atoms with Gasteiger partial charge in [-0.2, -0.15) is 0 Å². The molecule has 12 heavy (non-hydrogen) atoms. The van der Waals surface area contributed by atoms with Gasteiger partial charge in [0.25, 0.3) is 0 Å². The molecule has 0 amide bonds. The fraction of sp³-hybridized carbons (Fsp3) is 0. The quantitative estimate of drug-likeness (QED) is 0.631. The summed E-state index contributed by atoms with van der Waals surface area (Å²) in [5, 5.41) is 2.03. The lowest BCUT2D eigenvalue weighted by molar-refractivity contribution is 1.41. The molecule has 1 nitrogen and oxygen atoms in total. The molecule has 59 valence electrons. The van der Waals surface area contributed by atoms with Crippen molar-refractivity contribution in [3.8, 4) is 0 Å². The van der Waals surface area contributed by atoms with Crippen LogP contribution in [0.25, 0.3) is 10.9 Å². The molecule has 1 aromatic heterocycles. The van der Waals surface area contributed by atoms with Crippen LogP contribution in [0, 0.1) is 6.07 Å². The molecule has 0 atom stereocenters. The number of nitrogens with zero attached hydrogens (tertiary/aromatic N) is 1. The molecule has 0 bridgehead atoms. The molecule has 0 saturated heterocycles. The molecule has 0 saturated carbocycles. The minimum atomic E-state index is 0.530. The van der Waals surface area contributed by atoms with Gasteiger partial charge in [0.1, 0.15) is 0 Å². The van der Waals surface area contributed by atoms with Crippen LogP contribution in [0.3, 0.4) is 0 Å². The smallest absolute Gasteiger partial charge is 0.0718 e. The van der Waals surface area contributed by atoms with Gasteiger partial charge in [0, 0.05) is 17.6 Å². The second-order valence-corrected chi connectivity index (χ2v) is 3.21. The Kier molecular flexibility index (Phi) is 1.91. The summed E-state index contributed by atoms with van der Waals surface area (Å²) in [5.41, 5.74) is 0.836. The SMILES string of the molecule is Clc1cc2c[c]cnc2cc1Cl. The second kappa shape index (κ2) is 2.92. The highest BCUT2D eigenvalue weighted by Gasteiger charge is 1.99. The normalized spacial score (nSPS) is 10.5. The first-order valence-electron chi connectivity index (χ1n) is 3.38. The minimum Gasteiger partial charge on any atom is -0.256 e. The first-order valence-corrected chi connectivity index (χ1v) is 4.14. The van der Waals surface area contributed by atoms with Gasteiger partial charge in [-0.3, -0.25) is 4.98 Å². The Morgan fingerprint density at radius 3 is 2.75 bits per heavy atom. The van der Waals surface area contributed by atoms with Crippen molar-refractivity contribution in [2.75, 3.05) is 0 Å². The molecule has 2 aromatic rings. The number of benzene rings is 1. The van der Waals surface area contributed by atoms with Crippen molar-refractivity contribution in [1.82, 2.24) is 4.98 Å². The van der Waals surface area contributed by atoms with Crippen molar-refractivity contribution in [2.45, 2.75) is 0 Å². The van der Waals surface area contributed by atoms with Gasteiger partial charge >= 0.3 is 0 Å². The Labute approximate surface area is 79.9 Å². The van der Waals surface area contributed by atoms with E-state index < -0.39 is 0 Å². The van der Waals surface area contributed by atoms with Gasteiger partial charge in [0.05, 0.1) is 15.6 Å². The molecule has 1 radical (unpaired) electrons. The highest BCUT2D eigenvalue weighted by Crippen LogP contribution is 2.26. The number of rotatable bonds is 0. The van der Waals surface area contributed by atoms with Gasteiger partial charge < -0.3 is 0 Å². The van der Waals surface area contributed by atoms with E-state index in [-0.39, 0.29) is 0 Å². The summed E-state index contributed by atoms with van der Waals surface area (Å²) in [6, 6.07) is 8.22. The van der Waals surface area contributed by atoms with Crippen LogP contribution in [0.4, 0.5) is 0 Å². The lowest BCUT2D eigenvalue weighted by Gasteiger charge is -1.98. The van der Waals surface area contributed by atoms with E-state index in [9.17, 15) is 0 Å². The molecular formula is C9H4Cl2N. The predicted octanol–water partition coefficient (Wildman–Crippen LogP) is 3.34. The highest BCUT2D eigenvalue weighted by atomic mass is 35.5. The summed E-state index contributed by atoms with van der Waals surface area (Å²) < 4.78 is 0. The van der Waals surface area contributed by atoms with Gasteiger partial charge in [0.15, 0.2) is 0 Å². The molecule has 0 fully saturated rings. The van der Waals surface area contributed by atoms with Crippen molar-refractivity contribution in [3.63, 3.8) is 0 Å². The van der Waals surface area contributed by atoms with Gasteiger partial charge in [0.2, 0.25) is 0 Å². The molecule has 0 aliphatic carbocycles. The maximum Gasteiger partial charge on any atom is 0.0718 e. The summed E-state index contributed by atoms with van der Waals surface area (Å²) >= 11 is 11.6. The van der Waals surface area contributed by atoms with Crippen LogP contribution >= 0.6 is 23.2 Å². The number of fused-ring (bicyclic) bond motifs is 1. The fourth-order valence-electron chi connectivity index (χ4n) is 1.01. The predicted molar refractivity (Wildman–Crippen MR) is 50.6 cm³/mol. The summed E-state index contributed by atoms with van der Waals surface area (Å²) in [7, 11) is 0. The zero-order valence-corrected chi connectivity index (χ0v) is 7.52. The topological polar surface area (TPSA) is 12.9 Å². The number of halogens is 2. The molecule has 1 aromatic carbocycles. The zero-order chi connectivity index (χ0) is 8.55. The summed E-state index contributed by atoms with van der Waals surface area (Å²) in [5.74, 6) is 0. The van der Waals surface area contributed by atoms with Crippen molar-refractivity contribution in [1.29, 1.82) is 0 Å². The van der Waals surface area contributed by atoms with Crippen LogP contribution in [0.1, 0.15) is 0 Å². The van der Waals surface area contributed by atoms with Crippen molar-refractivity contribution in [3.05, 3.63) is 40.5 Å². The lowest BCUT2D eigenvalue weighted by Crippen LogP contribution is -1.77. The number of hydrogen-bond acceptors (Lipinski definition) is 1. The van der Waals surface area contributed by atoms with E-state index in [1.165, 1.54) is 0 Å². The van der Waals surface area contributed by atoms with Gasteiger partial charge in [-0.25, -0.2) is 0 Å². The second-order valence-electron chi connectivity index (χ2n) is 2.39. The van der Waals surface area contributed by atoms with Crippen LogP contribution in [0.5, 0.6) is 0 Å². The van der Waals surface area contributed by atoms with Crippen LogP contribution in [0.2, 0.25) is 10.0 Å². The third kappa shape index (κ3) is 1.26. The first-order chi connectivity index (χ1) is 5.77. The maximum absolute atomic E-state index is 5.81. The van der Waals surface area contributed by atoms with E-state index >= 15 is 0 Å². The molecule has 0 N–H and O–H groups in total. The van der Waals surface area contributed by atoms with E-state index in [0.29, 0.717) is 10.0 Å². The molecular weight excluding hydrogens is 193 g/mol.